The number of halogens is 1. The first-order valence-corrected chi connectivity index (χ1v) is 4.41. The van der Waals surface area contributed by atoms with Crippen molar-refractivity contribution in [1.82, 2.24) is 0 Å². The Morgan fingerprint density at radius 3 is 2.67 bits per heavy atom. The number of hydrogen-bond acceptors (Lipinski definition) is 0. The van der Waals surface area contributed by atoms with E-state index in [-0.39, 0.29) is 0 Å². The van der Waals surface area contributed by atoms with Crippen molar-refractivity contribution in [3.05, 3.63) is 47.0 Å². The fourth-order valence-corrected chi connectivity index (χ4v) is 1.20. The highest BCUT2D eigenvalue weighted by atomic mass is 35.5. The first kappa shape index (κ1) is 9.34. The third-order valence-corrected chi connectivity index (χ3v) is 2.49. The van der Waals surface area contributed by atoms with E-state index in [4.69, 9.17) is 11.6 Å². The second-order valence-corrected chi connectivity index (χ2v) is 3.44. The van der Waals surface area contributed by atoms with Crippen LogP contribution in [0.5, 0.6) is 0 Å². The minimum atomic E-state index is 0.404. The molecule has 0 spiro atoms. The molecule has 0 amide bonds. The van der Waals surface area contributed by atoms with Gasteiger partial charge >= 0.3 is 0 Å². The third-order valence-electron chi connectivity index (χ3n) is 2.06. The molecule has 1 rings (SSSR count). The average molecular weight is 181 g/mol. The molecule has 0 saturated heterocycles. The predicted molar refractivity (Wildman–Crippen MR) is 54.8 cm³/mol. The van der Waals surface area contributed by atoms with Crippen LogP contribution in [0.1, 0.15) is 24.0 Å². The minimum Gasteiger partial charge on any atom is -0.102 e. The Morgan fingerprint density at radius 2 is 2.17 bits per heavy atom. The van der Waals surface area contributed by atoms with Crippen molar-refractivity contribution < 1.29 is 0 Å². The molecule has 1 aromatic rings. The average Bonchev–Trinajstić information content (AvgIpc) is 2.08. The van der Waals surface area contributed by atoms with Gasteiger partial charge in [0.15, 0.2) is 0 Å². The maximum absolute atomic E-state index is 5.90. The summed E-state index contributed by atoms with van der Waals surface area (Å²) in [7, 11) is 0. The zero-order chi connectivity index (χ0) is 9.14. The molecule has 0 radical (unpaired) electrons. The van der Waals surface area contributed by atoms with Crippen LogP contribution in [-0.4, -0.2) is 0 Å². The summed E-state index contributed by atoms with van der Waals surface area (Å²) in [5.41, 5.74) is 2.40. The van der Waals surface area contributed by atoms with Crippen molar-refractivity contribution in [2.75, 3.05) is 0 Å². The summed E-state index contributed by atoms with van der Waals surface area (Å²) >= 11 is 5.90. The molecule has 1 atom stereocenters. The smallest absolute Gasteiger partial charge is 0.0435 e. The van der Waals surface area contributed by atoms with Crippen LogP contribution in [0.25, 0.3) is 0 Å². The molecule has 0 saturated carbocycles. The van der Waals surface area contributed by atoms with E-state index in [1.807, 2.05) is 25.1 Å². The van der Waals surface area contributed by atoms with Crippen molar-refractivity contribution >= 4 is 11.6 Å². The van der Waals surface area contributed by atoms with Crippen LogP contribution in [0, 0.1) is 6.92 Å². The van der Waals surface area contributed by atoms with Crippen molar-refractivity contribution in [2.45, 2.75) is 19.8 Å². The standard InChI is InChI=1S/C11H13Cl/c1-4-8(2)10-5-6-11(12)9(3)7-10/h4-8H,1H2,2-3H3. The molecule has 0 heterocycles. The number of aryl methyl sites for hydroxylation is 1. The van der Waals surface area contributed by atoms with Crippen molar-refractivity contribution in [3.63, 3.8) is 0 Å². The molecule has 1 heteroatoms. The molecular formula is C11H13Cl. The van der Waals surface area contributed by atoms with E-state index < -0.39 is 0 Å². The number of rotatable bonds is 2. The van der Waals surface area contributed by atoms with Gasteiger partial charge < -0.3 is 0 Å². The van der Waals surface area contributed by atoms with Crippen molar-refractivity contribution in [3.8, 4) is 0 Å². The third kappa shape index (κ3) is 1.89. The van der Waals surface area contributed by atoms with Gasteiger partial charge in [-0.3, -0.25) is 0 Å². The van der Waals surface area contributed by atoms with Crippen LogP contribution in [0.3, 0.4) is 0 Å². The predicted octanol–water partition coefficient (Wildman–Crippen LogP) is 3.94. The number of benzene rings is 1. The van der Waals surface area contributed by atoms with E-state index >= 15 is 0 Å². The van der Waals surface area contributed by atoms with Gasteiger partial charge in [-0.1, -0.05) is 36.7 Å². The zero-order valence-corrected chi connectivity index (χ0v) is 8.23. The number of allylic oxidation sites excluding steroid dienone is 1. The van der Waals surface area contributed by atoms with Gasteiger partial charge in [0.05, 0.1) is 0 Å². The quantitative estimate of drug-likeness (QED) is 0.605. The van der Waals surface area contributed by atoms with Crippen molar-refractivity contribution in [2.24, 2.45) is 0 Å². The Hall–Kier alpha value is -0.750. The first-order valence-electron chi connectivity index (χ1n) is 4.03. The maximum atomic E-state index is 5.90. The highest BCUT2D eigenvalue weighted by molar-refractivity contribution is 6.31. The molecule has 12 heavy (non-hydrogen) atoms. The molecule has 0 aliphatic carbocycles. The van der Waals surface area contributed by atoms with Gasteiger partial charge in [-0.05, 0) is 30.0 Å². The molecule has 1 aromatic carbocycles. The van der Waals surface area contributed by atoms with Gasteiger partial charge in [-0.2, -0.15) is 0 Å². The molecule has 0 N–H and O–H groups in total. The maximum Gasteiger partial charge on any atom is 0.0435 e. The molecule has 64 valence electrons. The lowest BCUT2D eigenvalue weighted by atomic mass is 10.00. The van der Waals surface area contributed by atoms with Gasteiger partial charge in [0, 0.05) is 5.02 Å². The molecule has 0 nitrogen and oxygen atoms in total. The fourth-order valence-electron chi connectivity index (χ4n) is 1.09. The lowest BCUT2D eigenvalue weighted by Gasteiger charge is -2.07. The van der Waals surface area contributed by atoms with E-state index in [1.54, 1.807) is 0 Å². The molecular weight excluding hydrogens is 168 g/mol. The minimum absolute atomic E-state index is 0.404. The Labute approximate surface area is 78.9 Å². The van der Waals surface area contributed by atoms with Gasteiger partial charge in [0.25, 0.3) is 0 Å². The van der Waals surface area contributed by atoms with E-state index in [2.05, 4.69) is 19.6 Å². The summed E-state index contributed by atoms with van der Waals surface area (Å²) in [6, 6.07) is 6.09. The highest BCUT2D eigenvalue weighted by Crippen LogP contribution is 2.22. The van der Waals surface area contributed by atoms with Gasteiger partial charge in [-0.25, -0.2) is 0 Å². The second-order valence-electron chi connectivity index (χ2n) is 3.03. The summed E-state index contributed by atoms with van der Waals surface area (Å²) in [5, 5.41) is 0.829. The molecule has 1 unspecified atom stereocenters. The Balaban J connectivity index is 3.04. The normalized spacial score (nSPS) is 12.6. The van der Waals surface area contributed by atoms with E-state index in [1.165, 1.54) is 5.56 Å². The molecule has 0 bridgehead atoms. The van der Waals surface area contributed by atoms with Gasteiger partial charge in [0.2, 0.25) is 0 Å². The SMILES string of the molecule is C=CC(C)c1ccc(Cl)c(C)c1. The van der Waals surface area contributed by atoms with E-state index in [9.17, 15) is 0 Å². The van der Waals surface area contributed by atoms with Crippen LogP contribution < -0.4 is 0 Å². The topological polar surface area (TPSA) is 0 Å². The lowest BCUT2D eigenvalue weighted by molar-refractivity contribution is 0.968. The monoisotopic (exact) mass is 180 g/mol. The van der Waals surface area contributed by atoms with E-state index in [0.29, 0.717) is 5.92 Å². The highest BCUT2D eigenvalue weighted by Gasteiger charge is 2.01. The summed E-state index contributed by atoms with van der Waals surface area (Å²) in [6.45, 7) is 7.89. The largest absolute Gasteiger partial charge is 0.102 e. The molecule has 0 aliphatic rings. The summed E-state index contributed by atoms with van der Waals surface area (Å²) in [5.74, 6) is 0.404. The number of hydrogen-bond donors (Lipinski definition) is 0. The Morgan fingerprint density at radius 1 is 1.50 bits per heavy atom. The van der Waals surface area contributed by atoms with Gasteiger partial charge in [0.1, 0.15) is 0 Å². The second kappa shape index (κ2) is 3.77. The van der Waals surface area contributed by atoms with Crippen LogP contribution in [0.2, 0.25) is 5.02 Å². The van der Waals surface area contributed by atoms with Crippen molar-refractivity contribution in [1.29, 1.82) is 0 Å². The molecule has 0 fully saturated rings. The van der Waals surface area contributed by atoms with Crippen LogP contribution in [0.15, 0.2) is 30.9 Å². The summed E-state index contributed by atoms with van der Waals surface area (Å²) < 4.78 is 0. The zero-order valence-electron chi connectivity index (χ0n) is 7.47. The Bertz CT molecular complexity index is 289. The summed E-state index contributed by atoms with van der Waals surface area (Å²) in [6.07, 6.45) is 1.93. The van der Waals surface area contributed by atoms with E-state index in [0.717, 1.165) is 10.6 Å². The molecule has 0 aromatic heterocycles. The van der Waals surface area contributed by atoms with Gasteiger partial charge in [-0.15, -0.1) is 6.58 Å². The van der Waals surface area contributed by atoms with Crippen LogP contribution >= 0.6 is 11.6 Å². The first-order chi connectivity index (χ1) is 5.65. The lowest BCUT2D eigenvalue weighted by Crippen LogP contribution is -1.89. The molecule has 0 aliphatic heterocycles. The van der Waals surface area contributed by atoms with Crippen LogP contribution in [0.4, 0.5) is 0 Å². The summed E-state index contributed by atoms with van der Waals surface area (Å²) in [4.78, 5) is 0. The Kier molecular flexibility index (Phi) is 2.93. The fraction of sp³-hybridized carbons (Fsp3) is 0.273. The van der Waals surface area contributed by atoms with Crippen LogP contribution in [-0.2, 0) is 0 Å².